The number of aliphatic hydroxyl groups excluding tert-OH is 1. The first-order chi connectivity index (χ1) is 17.1. The van der Waals surface area contributed by atoms with E-state index in [0.29, 0.717) is 31.6 Å². The minimum atomic E-state index is -0.857. The monoisotopic (exact) mass is 518 g/mol. The second kappa shape index (κ2) is 9.36. The number of carbonyl (C=O) groups is 2. The number of esters is 1. The molecule has 4 fully saturated rings. The molecule has 4 aliphatic carbocycles. The lowest BCUT2D eigenvalue weighted by atomic mass is 9.33. The Balaban J connectivity index is 1.78. The molecule has 0 radical (unpaired) electrons. The molecule has 0 spiro atoms. The van der Waals surface area contributed by atoms with Gasteiger partial charge in [-0.2, -0.15) is 0 Å². The van der Waals surface area contributed by atoms with Crippen LogP contribution in [0.15, 0.2) is 12.2 Å². The molecule has 0 bridgehead atoms. The number of carboxylic acid groups (broad SMARTS) is 1. The van der Waals surface area contributed by atoms with Crippen LogP contribution in [0, 0.1) is 51.2 Å². The number of fused-ring (bicyclic) bond motifs is 5. The quantitative estimate of drug-likeness (QED) is 0.299. The van der Waals surface area contributed by atoms with E-state index < -0.39 is 17.0 Å². The average Bonchev–Trinajstić information content (AvgIpc) is 3.23. The molecule has 0 aromatic carbocycles. The predicted octanol–water partition coefficient (Wildman–Crippen LogP) is 5.61. The Kier molecular flexibility index (Phi) is 7.24. The molecule has 3 N–H and O–H groups in total. The molecule has 0 saturated heterocycles. The maximum Gasteiger partial charge on any atom is 0.309 e. The number of rotatable bonds is 7. The average molecular weight is 519 g/mol. The fourth-order valence-electron chi connectivity index (χ4n) is 10.9. The Morgan fingerprint density at radius 2 is 1.68 bits per heavy atom. The van der Waals surface area contributed by atoms with E-state index in [0.717, 1.165) is 44.1 Å². The van der Waals surface area contributed by atoms with E-state index in [1.54, 1.807) is 0 Å². The number of hydrogen-bond acceptors (Lipinski definition) is 5. The fraction of sp³-hybridized carbons (Fsp3) is 0.871. The minimum absolute atomic E-state index is 0.00509. The first-order valence-corrected chi connectivity index (χ1v) is 14.4. The standard InChI is InChI=1S/C31H50O6/c1-19(18-32)20-10-15-31(26(34)35)17-16-29(5)21(25(20)31)8-9-23-28(4,13-12-24(33)37-7)22(27(2,3)36)11-14-30(23,29)6/h20-23,25,32,36H,1,8-18H2,2-7H3,(H,34,35)/t20-,21+,22-,23+,25+,28-,29+,30+,31-/m0/s1. The summed E-state index contributed by atoms with van der Waals surface area (Å²) in [7, 11) is 1.43. The van der Waals surface area contributed by atoms with Crippen LogP contribution in [0.5, 0.6) is 0 Å². The van der Waals surface area contributed by atoms with E-state index >= 15 is 0 Å². The molecule has 0 unspecified atom stereocenters. The lowest BCUT2D eigenvalue weighted by Gasteiger charge is -2.71. The summed E-state index contributed by atoms with van der Waals surface area (Å²) in [6.45, 7) is 15.1. The number of carbonyl (C=O) groups excluding carboxylic acids is 1. The Bertz CT molecular complexity index is 936. The minimum Gasteiger partial charge on any atom is -0.481 e. The molecule has 0 aliphatic heterocycles. The third-order valence-electron chi connectivity index (χ3n) is 12.8. The molecule has 0 heterocycles. The van der Waals surface area contributed by atoms with E-state index in [2.05, 4.69) is 27.4 Å². The largest absolute Gasteiger partial charge is 0.481 e. The van der Waals surface area contributed by atoms with Gasteiger partial charge in [0.15, 0.2) is 0 Å². The summed E-state index contributed by atoms with van der Waals surface area (Å²) in [5.41, 5.74) is -1.13. The molecule has 4 rings (SSSR count). The van der Waals surface area contributed by atoms with Gasteiger partial charge in [0.25, 0.3) is 0 Å². The van der Waals surface area contributed by atoms with Gasteiger partial charge in [-0.3, -0.25) is 9.59 Å². The van der Waals surface area contributed by atoms with E-state index in [9.17, 15) is 24.9 Å². The fourth-order valence-corrected chi connectivity index (χ4v) is 10.9. The highest BCUT2D eigenvalue weighted by Gasteiger charge is 2.71. The summed E-state index contributed by atoms with van der Waals surface area (Å²) >= 11 is 0. The number of hydrogen-bond donors (Lipinski definition) is 3. The van der Waals surface area contributed by atoms with Crippen molar-refractivity contribution in [3.63, 3.8) is 0 Å². The molecule has 4 aliphatic rings. The lowest BCUT2D eigenvalue weighted by Crippen LogP contribution is -2.66. The van der Waals surface area contributed by atoms with Crippen LogP contribution in [-0.4, -0.2) is 46.6 Å². The van der Waals surface area contributed by atoms with E-state index in [-0.39, 0.29) is 52.5 Å². The lowest BCUT2D eigenvalue weighted by molar-refractivity contribution is -0.237. The van der Waals surface area contributed by atoms with Crippen molar-refractivity contribution >= 4 is 11.9 Å². The van der Waals surface area contributed by atoms with Gasteiger partial charge < -0.3 is 20.1 Å². The number of aliphatic carboxylic acids is 1. The Morgan fingerprint density at radius 1 is 1.00 bits per heavy atom. The number of aliphatic hydroxyl groups is 2. The Hall–Kier alpha value is -1.40. The van der Waals surface area contributed by atoms with Crippen LogP contribution < -0.4 is 0 Å². The van der Waals surface area contributed by atoms with Gasteiger partial charge in [-0.15, -0.1) is 0 Å². The maximum atomic E-state index is 12.8. The SMILES string of the molecule is C=C(CO)[C@@H]1CC[C@]2(C(=O)O)CC[C@]3(C)[C@H](CC[C@@H]4[C@@](C)(CCC(=O)OC)[C@H](C(C)(C)O)CC[C@]43C)[C@@H]12. The van der Waals surface area contributed by atoms with Crippen LogP contribution in [0.2, 0.25) is 0 Å². The van der Waals surface area contributed by atoms with Crippen molar-refractivity contribution in [3.05, 3.63) is 12.2 Å². The van der Waals surface area contributed by atoms with Gasteiger partial charge in [0, 0.05) is 6.42 Å². The molecule has 4 saturated carbocycles. The van der Waals surface area contributed by atoms with Gasteiger partial charge >= 0.3 is 11.9 Å². The molecule has 0 aromatic heterocycles. The van der Waals surface area contributed by atoms with Gasteiger partial charge in [0.2, 0.25) is 0 Å². The molecular weight excluding hydrogens is 468 g/mol. The van der Waals surface area contributed by atoms with Crippen LogP contribution in [0.25, 0.3) is 0 Å². The Morgan fingerprint density at radius 3 is 2.24 bits per heavy atom. The normalized spacial score (nSPS) is 45.4. The van der Waals surface area contributed by atoms with Gasteiger partial charge in [-0.05, 0) is 123 Å². The van der Waals surface area contributed by atoms with Gasteiger partial charge in [-0.25, -0.2) is 0 Å². The maximum absolute atomic E-state index is 12.8. The van der Waals surface area contributed by atoms with Crippen LogP contribution in [-0.2, 0) is 14.3 Å². The summed E-state index contributed by atoms with van der Waals surface area (Å²) in [5, 5.41) is 31.8. The second-order valence-electron chi connectivity index (χ2n) is 14.3. The Labute approximate surface area is 223 Å². The second-order valence-corrected chi connectivity index (χ2v) is 14.3. The summed E-state index contributed by atoms with van der Waals surface area (Å²) in [6, 6.07) is 0. The molecule has 37 heavy (non-hydrogen) atoms. The topological polar surface area (TPSA) is 104 Å². The molecule has 9 atom stereocenters. The van der Waals surface area contributed by atoms with E-state index in [1.807, 2.05) is 13.8 Å². The first kappa shape index (κ1) is 28.6. The number of carboxylic acids is 1. The van der Waals surface area contributed by atoms with E-state index in [4.69, 9.17) is 4.74 Å². The highest BCUT2D eigenvalue weighted by Crippen LogP contribution is 2.76. The third-order valence-corrected chi connectivity index (χ3v) is 12.8. The highest BCUT2D eigenvalue weighted by molar-refractivity contribution is 5.76. The van der Waals surface area contributed by atoms with Crippen molar-refractivity contribution < 1.29 is 29.6 Å². The molecule has 210 valence electrons. The molecule has 0 aromatic rings. The molecule has 0 amide bonds. The molecule has 6 nitrogen and oxygen atoms in total. The third kappa shape index (κ3) is 4.02. The summed E-state index contributed by atoms with van der Waals surface area (Å²) < 4.78 is 5.01. The van der Waals surface area contributed by atoms with Crippen molar-refractivity contribution in [2.24, 2.45) is 51.2 Å². The van der Waals surface area contributed by atoms with Crippen molar-refractivity contribution in [1.29, 1.82) is 0 Å². The van der Waals surface area contributed by atoms with Crippen molar-refractivity contribution in [1.82, 2.24) is 0 Å². The number of ether oxygens (including phenoxy) is 1. The van der Waals surface area contributed by atoms with Crippen molar-refractivity contribution in [3.8, 4) is 0 Å². The van der Waals surface area contributed by atoms with Crippen LogP contribution >= 0.6 is 0 Å². The zero-order chi connectivity index (χ0) is 27.6. The van der Waals surface area contributed by atoms with E-state index in [1.165, 1.54) is 7.11 Å². The first-order valence-electron chi connectivity index (χ1n) is 14.4. The van der Waals surface area contributed by atoms with Crippen LogP contribution in [0.4, 0.5) is 0 Å². The van der Waals surface area contributed by atoms with Crippen LogP contribution in [0.1, 0.15) is 98.8 Å². The van der Waals surface area contributed by atoms with Gasteiger partial charge in [0.05, 0.1) is 24.7 Å². The summed E-state index contributed by atoms with van der Waals surface area (Å²) in [6.07, 6.45) is 7.82. The molecule has 6 heteroatoms. The number of methoxy groups -OCH3 is 1. The summed E-state index contributed by atoms with van der Waals surface area (Å²) in [4.78, 5) is 25.1. The zero-order valence-corrected chi connectivity index (χ0v) is 23.9. The zero-order valence-electron chi connectivity index (χ0n) is 23.9. The van der Waals surface area contributed by atoms with Crippen molar-refractivity contribution in [2.45, 2.75) is 104 Å². The van der Waals surface area contributed by atoms with Crippen LogP contribution in [0.3, 0.4) is 0 Å². The molecular formula is C31H50O6. The van der Waals surface area contributed by atoms with Crippen molar-refractivity contribution in [2.75, 3.05) is 13.7 Å². The van der Waals surface area contributed by atoms with Gasteiger partial charge in [0.1, 0.15) is 0 Å². The van der Waals surface area contributed by atoms with Gasteiger partial charge in [-0.1, -0.05) is 27.4 Å². The highest BCUT2D eigenvalue weighted by atomic mass is 16.5. The summed E-state index contributed by atoms with van der Waals surface area (Å²) in [5.74, 6) is -0.208. The predicted molar refractivity (Wildman–Crippen MR) is 143 cm³/mol. The smallest absolute Gasteiger partial charge is 0.309 e.